The molecule has 0 fully saturated rings. The molecule has 2 N–H and O–H groups in total. The van der Waals surface area contributed by atoms with Crippen LogP contribution in [0.25, 0.3) is 0 Å². The van der Waals surface area contributed by atoms with Gasteiger partial charge in [0.2, 0.25) is 0 Å². The molecule has 0 unspecified atom stereocenters. The number of nitrogens with one attached hydrogen (secondary N) is 2. The molecule has 1 amide bonds. The van der Waals surface area contributed by atoms with E-state index in [-0.39, 0.29) is 11.7 Å². The van der Waals surface area contributed by atoms with Crippen molar-refractivity contribution in [3.63, 3.8) is 0 Å². The molecule has 110 valence electrons. The van der Waals surface area contributed by atoms with Gasteiger partial charge in [-0.2, -0.15) is 0 Å². The van der Waals surface area contributed by atoms with Crippen molar-refractivity contribution >= 4 is 15.7 Å². The molecule has 0 aliphatic heterocycles. The molecular weight excluding hydrogens is 276 g/mol. The first kappa shape index (κ1) is 16.4. The topological polar surface area (TPSA) is 75.3 Å². The molecule has 6 heteroatoms. The van der Waals surface area contributed by atoms with Crippen LogP contribution >= 0.6 is 0 Å². The molecule has 0 aromatic rings. The molecular formula is C14H20N2O3S. The molecule has 0 aromatic carbocycles. The van der Waals surface area contributed by atoms with Gasteiger partial charge >= 0.3 is 0 Å². The third-order valence-corrected chi connectivity index (χ3v) is 3.44. The van der Waals surface area contributed by atoms with Crippen LogP contribution in [0.4, 0.5) is 0 Å². The van der Waals surface area contributed by atoms with Crippen LogP contribution in [0.3, 0.4) is 0 Å². The van der Waals surface area contributed by atoms with Gasteiger partial charge in [-0.25, -0.2) is 8.42 Å². The van der Waals surface area contributed by atoms with Crippen LogP contribution in [-0.2, 0) is 14.6 Å². The molecule has 0 atom stereocenters. The summed E-state index contributed by atoms with van der Waals surface area (Å²) in [6.45, 7) is 1.38. The van der Waals surface area contributed by atoms with Gasteiger partial charge in [0.1, 0.15) is 9.84 Å². The van der Waals surface area contributed by atoms with Crippen LogP contribution in [0, 0.1) is 0 Å². The van der Waals surface area contributed by atoms with Crippen molar-refractivity contribution in [1.29, 1.82) is 0 Å². The minimum atomic E-state index is -2.93. The maximum atomic E-state index is 11.8. The summed E-state index contributed by atoms with van der Waals surface area (Å²) in [5.74, 6) is -0.0440. The Morgan fingerprint density at radius 2 is 1.75 bits per heavy atom. The van der Waals surface area contributed by atoms with Crippen LogP contribution in [0.1, 0.15) is 0 Å². The van der Waals surface area contributed by atoms with Gasteiger partial charge in [-0.15, -0.1) is 0 Å². The lowest BCUT2D eigenvalue weighted by molar-refractivity contribution is -0.117. The SMILES string of the molecule is CS(=O)(=O)CCNCCNC(=O)C1=C/C=C\C=C/C=C\1. The third-order valence-electron chi connectivity index (χ3n) is 2.50. The smallest absolute Gasteiger partial charge is 0.251 e. The number of carbonyl (C=O) groups excluding carboxylic acids is 1. The minimum Gasteiger partial charge on any atom is -0.351 e. The molecule has 5 nitrogen and oxygen atoms in total. The fourth-order valence-electron chi connectivity index (χ4n) is 1.47. The highest BCUT2D eigenvalue weighted by Crippen LogP contribution is 2.01. The first-order chi connectivity index (χ1) is 9.49. The average Bonchev–Trinajstić information content (AvgIpc) is 2.31. The quantitative estimate of drug-likeness (QED) is 0.665. The molecule has 1 aliphatic rings. The Balaban J connectivity index is 2.23. The predicted molar refractivity (Wildman–Crippen MR) is 81.1 cm³/mol. The molecule has 0 aromatic heterocycles. The van der Waals surface area contributed by atoms with Crippen LogP contribution in [-0.4, -0.2) is 46.0 Å². The Kier molecular flexibility index (Phi) is 6.97. The Bertz CT molecular complexity index is 543. The lowest BCUT2D eigenvalue weighted by Crippen LogP contribution is -2.34. The summed E-state index contributed by atoms with van der Waals surface area (Å²) in [5.41, 5.74) is 0.585. The number of carbonyl (C=O) groups is 1. The fraction of sp³-hybridized carbons (Fsp3) is 0.357. The molecule has 0 heterocycles. The molecule has 0 saturated carbocycles. The third kappa shape index (κ3) is 7.70. The lowest BCUT2D eigenvalue weighted by Gasteiger charge is -2.07. The standard InChI is InChI=1S/C14H20N2O3S/c1-20(18,19)12-11-15-9-10-16-14(17)13-7-5-3-2-4-6-8-13/h2-8,15H,9-12H2,1H3,(H,16,17)/b3-2-,4-2?,5-3?,6-4-,7-5-,8-6?,13-7?,13-8+. The summed E-state index contributed by atoms with van der Waals surface area (Å²) in [7, 11) is -2.93. The molecule has 0 bridgehead atoms. The van der Waals surface area contributed by atoms with E-state index in [1.165, 1.54) is 6.26 Å². The van der Waals surface area contributed by atoms with Crippen molar-refractivity contribution in [2.45, 2.75) is 0 Å². The largest absolute Gasteiger partial charge is 0.351 e. The second-order valence-electron chi connectivity index (χ2n) is 4.39. The Hall–Kier alpha value is -1.66. The van der Waals surface area contributed by atoms with Gasteiger partial charge in [0.05, 0.1) is 5.75 Å². The maximum absolute atomic E-state index is 11.8. The van der Waals surface area contributed by atoms with Crippen molar-refractivity contribution in [2.24, 2.45) is 0 Å². The highest BCUT2D eigenvalue weighted by atomic mass is 32.2. The summed E-state index contributed by atoms with van der Waals surface area (Å²) in [6, 6.07) is 0. The second-order valence-corrected chi connectivity index (χ2v) is 6.65. The van der Waals surface area contributed by atoms with Gasteiger partial charge in [-0.3, -0.25) is 4.79 Å². The Morgan fingerprint density at radius 1 is 1.05 bits per heavy atom. The molecule has 0 radical (unpaired) electrons. The number of rotatable bonds is 7. The number of amides is 1. The monoisotopic (exact) mass is 296 g/mol. The van der Waals surface area contributed by atoms with Crippen molar-refractivity contribution in [3.8, 4) is 0 Å². The summed E-state index contributed by atoms with van der Waals surface area (Å²) < 4.78 is 21.8. The number of hydrogen-bond donors (Lipinski definition) is 2. The highest BCUT2D eigenvalue weighted by Gasteiger charge is 2.05. The van der Waals surface area contributed by atoms with E-state index >= 15 is 0 Å². The normalized spacial score (nSPS) is 21.9. The van der Waals surface area contributed by atoms with Gasteiger partial charge in [0.25, 0.3) is 5.91 Å². The van der Waals surface area contributed by atoms with Crippen LogP contribution in [0.5, 0.6) is 0 Å². The summed E-state index contributed by atoms with van der Waals surface area (Å²) in [4.78, 5) is 11.8. The van der Waals surface area contributed by atoms with Crippen molar-refractivity contribution < 1.29 is 13.2 Å². The fourth-order valence-corrected chi connectivity index (χ4v) is 1.98. The van der Waals surface area contributed by atoms with Gasteiger partial charge < -0.3 is 10.6 Å². The highest BCUT2D eigenvalue weighted by molar-refractivity contribution is 7.90. The van der Waals surface area contributed by atoms with E-state index in [2.05, 4.69) is 10.6 Å². The first-order valence-corrected chi connectivity index (χ1v) is 8.43. The van der Waals surface area contributed by atoms with Crippen molar-refractivity contribution in [1.82, 2.24) is 10.6 Å². The van der Waals surface area contributed by atoms with Crippen molar-refractivity contribution in [3.05, 3.63) is 48.1 Å². The van der Waals surface area contributed by atoms with Gasteiger partial charge in [0, 0.05) is 31.5 Å². The molecule has 0 spiro atoms. The zero-order chi connectivity index (χ0) is 14.8. The number of sulfone groups is 1. The molecule has 20 heavy (non-hydrogen) atoms. The molecule has 0 saturated heterocycles. The first-order valence-electron chi connectivity index (χ1n) is 6.37. The van der Waals surface area contributed by atoms with E-state index in [1.807, 2.05) is 18.2 Å². The molecule has 1 aliphatic carbocycles. The number of hydrogen-bond acceptors (Lipinski definition) is 4. The van der Waals surface area contributed by atoms with E-state index in [0.29, 0.717) is 25.2 Å². The minimum absolute atomic E-state index is 0.103. The second kappa shape index (κ2) is 8.50. The van der Waals surface area contributed by atoms with Gasteiger partial charge in [0.15, 0.2) is 0 Å². The van der Waals surface area contributed by atoms with Crippen LogP contribution < -0.4 is 10.6 Å². The molecule has 1 rings (SSSR count). The zero-order valence-corrected chi connectivity index (χ0v) is 12.3. The zero-order valence-electron chi connectivity index (χ0n) is 11.5. The van der Waals surface area contributed by atoms with Gasteiger partial charge in [-0.05, 0) is 12.2 Å². The van der Waals surface area contributed by atoms with E-state index in [4.69, 9.17) is 0 Å². The van der Waals surface area contributed by atoms with Crippen LogP contribution in [0.2, 0.25) is 0 Å². The maximum Gasteiger partial charge on any atom is 0.251 e. The van der Waals surface area contributed by atoms with E-state index < -0.39 is 9.84 Å². The number of allylic oxidation sites excluding steroid dienone is 6. The van der Waals surface area contributed by atoms with E-state index in [9.17, 15) is 13.2 Å². The summed E-state index contributed by atoms with van der Waals surface area (Å²) >= 11 is 0. The average molecular weight is 296 g/mol. The Labute approximate surface area is 120 Å². The summed E-state index contributed by atoms with van der Waals surface area (Å²) in [6.07, 6.45) is 13.9. The predicted octanol–water partition coefficient (Wildman–Crippen LogP) is 0.345. The van der Waals surface area contributed by atoms with Crippen molar-refractivity contribution in [2.75, 3.05) is 31.6 Å². The van der Waals surface area contributed by atoms with E-state index in [0.717, 1.165) is 0 Å². The van der Waals surface area contributed by atoms with Crippen LogP contribution in [0.15, 0.2) is 48.1 Å². The lowest BCUT2D eigenvalue weighted by atomic mass is 10.1. The van der Waals surface area contributed by atoms with E-state index in [1.54, 1.807) is 24.3 Å². The Morgan fingerprint density at radius 3 is 2.50 bits per heavy atom. The summed E-state index contributed by atoms with van der Waals surface area (Å²) in [5, 5.41) is 5.74. The van der Waals surface area contributed by atoms with Gasteiger partial charge in [-0.1, -0.05) is 30.4 Å².